The van der Waals surface area contributed by atoms with Crippen molar-refractivity contribution in [1.29, 1.82) is 0 Å². The minimum absolute atomic E-state index is 0. The van der Waals surface area contributed by atoms with E-state index in [-0.39, 0.29) is 1.43 Å². The van der Waals surface area contributed by atoms with Gasteiger partial charge in [0.05, 0.1) is 17.9 Å². The predicted molar refractivity (Wildman–Crippen MR) is 48.7 cm³/mol. The molecule has 0 aromatic carbocycles. The van der Waals surface area contributed by atoms with Gasteiger partial charge in [-0.05, 0) is 31.8 Å². The Labute approximate surface area is 74.1 Å². The van der Waals surface area contributed by atoms with Crippen molar-refractivity contribution in [2.75, 3.05) is 14.1 Å². The van der Waals surface area contributed by atoms with Gasteiger partial charge < -0.3 is 4.90 Å². The van der Waals surface area contributed by atoms with Gasteiger partial charge in [0.2, 0.25) is 0 Å². The molecule has 1 aromatic heterocycles. The molecule has 0 amide bonds. The second-order valence-electron chi connectivity index (χ2n) is 2.93. The van der Waals surface area contributed by atoms with Crippen LogP contribution in [0.5, 0.6) is 0 Å². The first kappa shape index (κ1) is 9.06. The van der Waals surface area contributed by atoms with Crippen LogP contribution in [0.25, 0.3) is 0 Å². The maximum Gasteiger partial charge on any atom is 0.0835 e. The Bertz CT molecular complexity index is 227. The standard InChI is InChI=1S/C8H14N4.H2/c1-4-8(12(2)3)7-5-6-9-11-10-7;/h5-6,8H,4H2,1-3H3;1H. The molecule has 0 radical (unpaired) electrons. The van der Waals surface area contributed by atoms with E-state index in [0.717, 1.165) is 12.1 Å². The molecule has 4 heteroatoms. The maximum absolute atomic E-state index is 3.97. The lowest BCUT2D eigenvalue weighted by Gasteiger charge is -2.20. The SMILES string of the molecule is CCC(c1ccnnn1)N(C)C.[HH]. The van der Waals surface area contributed by atoms with Crippen LogP contribution >= 0.6 is 0 Å². The number of nitrogens with zero attached hydrogens (tertiary/aromatic N) is 4. The van der Waals surface area contributed by atoms with Crippen molar-refractivity contribution in [3.8, 4) is 0 Å². The molecule has 1 rings (SSSR count). The summed E-state index contributed by atoms with van der Waals surface area (Å²) in [4.78, 5) is 2.13. The van der Waals surface area contributed by atoms with Crippen molar-refractivity contribution >= 4 is 0 Å². The summed E-state index contributed by atoms with van der Waals surface area (Å²) in [6, 6.07) is 2.25. The Balaban J connectivity index is 0.00000144. The van der Waals surface area contributed by atoms with Crippen molar-refractivity contribution in [1.82, 2.24) is 20.3 Å². The quantitative estimate of drug-likeness (QED) is 0.678. The van der Waals surface area contributed by atoms with Gasteiger partial charge in [0.15, 0.2) is 0 Å². The summed E-state index contributed by atoms with van der Waals surface area (Å²) >= 11 is 0. The zero-order chi connectivity index (χ0) is 8.97. The Hall–Kier alpha value is -1.03. The van der Waals surface area contributed by atoms with Gasteiger partial charge in [-0.15, -0.1) is 10.2 Å². The van der Waals surface area contributed by atoms with Crippen LogP contribution in [0, 0.1) is 0 Å². The molecule has 0 saturated heterocycles. The Kier molecular flexibility index (Phi) is 3.10. The minimum atomic E-state index is 0. The molecule has 12 heavy (non-hydrogen) atoms. The highest BCUT2D eigenvalue weighted by Crippen LogP contribution is 2.17. The van der Waals surface area contributed by atoms with E-state index in [4.69, 9.17) is 0 Å². The van der Waals surface area contributed by atoms with Crippen molar-refractivity contribution in [3.05, 3.63) is 18.0 Å². The first-order chi connectivity index (χ1) is 5.75. The topological polar surface area (TPSA) is 41.9 Å². The fourth-order valence-corrected chi connectivity index (χ4v) is 1.27. The highest BCUT2D eigenvalue weighted by atomic mass is 15.3. The summed E-state index contributed by atoms with van der Waals surface area (Å²) in [6.07, 6.45) is 2.71. The third-order valence-electron chi connectivity index (χ3n) is 1.88. The first-order valence-corrected chi connectivity index (χ1v) is 4.06. The van der Waals surface area contributed by atoms with E-state index in [1.165, 1.54) is 0 Å². The molecule has 68 valence electrons. The van der Waals surface area contributed by atoms with Gasteiger partial charge in [0, 0.05) is 1.43 Å². The lowest BCUT2D eigenvalue weighted by Crippen LogP contribution is -2.20. The second-order valence-corrected chi connectivity index (χ2v) is 2.93. The Morgan fingerprint density at radius 1 is 1.58 bits per heavy atom. The van der Waals surface area contributed by atoms with E-state index in [2.05, 4.69) is 27.2 Å². The molecule has 0 N–H and O–H groups in total. The molecular formula is C8H16N4. The minimum Gasteiger partial charge on any atom is -0.301 e. The third kappa shape index (κ3) is 1.98. The Morgan fingerprint density at radius 2 is 2.33 bits per heavy atom. The van der Waals surface area contributed by atoms with E-state index in [1.54, 1.807) is 6.20 Å². The molecule has 4 nitrogen and oxygen atoms in total. The van der Waals surface area contributed by atoms with Gasteiger partial charge >= 0.3 is 0 Å². The predicted octanol–water partition coefficient (Wildman–Crippen LogP) is 1.13. The average molecular weight is 168 g/mol. The summed E-state index contributed by atoms with van der Waals surface area (Å²) in [5.74, 6) is 0. The van der Waals surface area contributed by atoms with Crippen molar-refractivity contribution in [3.63, 3.8) is 0 Å². The number of rotatable bonds is 3. The van der Waals surface area contributed by atoms with Crippen LogP contribution in [0.1, 0.15) is 26.5 Å². The molecule has 0 fully saturated rings. The van der Waals surface area contributed by atoms with E-state index in [9.17, 15) is 0 Å². The van der Waals surface area contributed by atoms with Crippen LogP contribution in [0.2, 0.25) is 0 Å². The number of hydrogen-bond donors (Lipinski definition) is 0. The van der Waals surface area contributed by atoms with E-state index in [0.29, 0.717) is 6.04 Å². The molecule has 0 bridgehead atoms. The lowest BCUT2D eigenvalue weighted by atomic mass is 10.1. The number of hydrogen-bond acceptors (Lipinski definition) is 4. The van der Waals surface area contributed by atoms with Gasteiger partial charge in [-0.1, -0.05) is 6.92 Å². The van der Waals surface area contributed by atoms with Gasteiger partial charge in [-0.2, -0.15) is 0 Å². The molecule has 0 aliphatic heterocycles. The summed E-state index contributed by atoms with van der Waals surface area (Å²) in [5, 5.41) is 11.2. The van der Waals surface area contributed by atoms with Crippen molar-refractivity contribution < 1.29 is 1.43 Å². The fourth-order valence-electron chi connectivity index (χ4n) is 1.27. The third-order valence-corrected chi connectivity index (χ3v) is 1.88. The molecule has 0 saturated carbocycles. The maximum atomic E-state index is 3.97. The summed E-state index contributed by atoms with van der Waals surface area (Å²) in [5.41, 5.74) is 0.984. The molecule has 1 atom stereocenters. The first-order valence-electron chi connectivity index (χ1n) is 4.06. The largest absolute Gasteiger partial charge is 0.301 e. The van der Waals surface area contributed by atoms with Gasteiger partial charge in [-0.3, -0.25) is 0 Å². The van der Waals surface area contributed by atoms with E-state index in [1.807, 2.05) is 20.2 Å². The lowest BCUT2D eigenvalue weighted by molar-refractivity contribution is 0.283. The van der Waals surface area contributed by atoms with Crippen LogP contribution < -0.4 is 0 Å². The van der Waals surface area contributed by atoms with Crippen molar-refractivity contribution in [2.45, 2.75) is 19.4 Å². The van der Waals surface area contributed by atoms with Gasteiger partial charge in [0.1, 0.15) is 0 Å². The van der Waals surface area contributed by atoms with Crippen LogP contribution in [0.4, 0.5) is 0 Å². The average Bonchev–Trinajstić information content (AvgIpc) is 2.07. The molecule has 0 aliphatic rings. The zero-order valence-electron chi connectivity index (χ0n) is 7.73. The van der Waals surface area contributed by atoms with Gasteiger partial charge in [-0.25, -0.2) is 0 Å². The molecule has 1 heterocycles. The highest BCUT2D eigenvalue weighted by molar-refractivity contribution is 5.02. The van der Waals surface area contributed by atoms with Crippen LogP contribution in [-0.2, 0) is 0 Å². The van der Waals surface area contributed by atoms with E-state index < -0.39 is 0 Å². The highest BCUT2D eigenvalue weighted by Gasteiger charge is 2.12. The summed E-state index contributed by atoms with van der Waals surface area (Å²) < 4.78 is 0. The molecular weight excluding hydrogens is 152 g/mol. The zero-order valence-corrected chi connectivity index (χ0v) is 7.73. The summed E-state index contributed by atoms with van der Waals surface area (Å²) in [7, 11) is 4.08. The van der Waals surface area contributed by atoms with Crippen LogP contribution in [0.15, 0.2) is 12.3 Å². The normalized spacial score (nSPS) is 13.3. The monoisotopic (exact) mass is 168 g/mol. The van der Waals surface area contributed by atoms with E-state index >= 15 is 0 Å². The second kappa shape index (κ2) is 4.11. The fraction of sp³-hybridized carbons (Fsp3) is 0.625. The number of aromatic nitrogens is 3. The summed E-state index contributed by atoms with van der Waals surface area (Å²) in [6.45, 7) is 2.13. The molecule has 0 spiro atoms. The Morgan fingerprint density at radius 3 is 2.75 bits per heavy atom. The van der Waals surface area contributed by atoms with Crippen LogP contribution in [-0.4, -0.2) is 34.4 Å². The van der Waals surface area contributed by atoms with Crippen LogP contribution in [0.3, 0.4) is 0 Å². The van der Waals surface area contributed by atoms with Crippen molar-refractivity contribution in [2.24, 2.45) is 0 Å². The smallest absolute Gasteiger partial charge is 0.0835 e. The van der Waals surface area contributed by atoms with Gasteiger partial charge in [0.25, 0.3) is 0 Å². The molecule has 1 aromatic rings. The molecule has 1 unspecified atom stereocenters. The molecule has 0 aliphatic carbocycles.